The molecule has 1 atom stereocenters. The van der Waals surface area contributed by atoms with E-state index in [9.17, 15) is 9.59 Å². The summed E-state index contributed by atoms with van der Waals surface area (Å²) >= 11 is 0. The first-order chi connectivity index (χ1) is 9.54. The number of amides is 3. The van der Waals surface area contributed by atoms with Gasteiger partial charge in [0.05, 0.1) is 6.54 Å². The van der Waals surface area contributed by atoms with Crippen molar-refractivity contribution in [3.8, 4) is 0 Å². The summed E-state index contributed by atoms with van der Waals surface area (Å²) < 4.78 is 0. The van der Waals surface area contributed by atoms with Crippen molar-refractivity contribution in [2.75, 3.05) is 6.54 Å². The van der Waals surface area contributed by atoms with Crippen LogP contribution in [0.3, 0.4) is 0 Å². The fourth-order valence-electron chi connectivity index (χ4n) is 3.22. The molecule has 0 radical (unpaired) electrons. The largest absolute Gasteiger partial charge is 0.325 e. The molecule has 1 unspecified atom stereocenters. The highest BCUT2D eigenvalue weighted by Gasteiger charge is 2.53. The van der Waals surface area contributed by atoms with Crippen molar-refractivity contribution in [1.29, 1.82) is 0 Å². The fourth-order valence-corrected chi connectivity index (χ4v) is 3.22. The lowest BCUT2D eigenvalue weighted by Crippen LogP contribution is -2.46. The van der Waals surface area contributed by atoms with Gasteiger partial charge in [-0.25, -0.2) is 4.79 Å². The predicted octanol–water partition coefficient (Wildman–Crippen LogP) is 2.35. The number of hydrogen-bond donors (Lipinski definition) is 1. The molecule has 1 aliphatic carbocycles. The first-order valence-electron chi connectivity index (χ1n) is 6.91. The van der Waals surface area contributed by atoms with Crippen LogP contribution >= 0.6 is 0 Å². The van der Waals surface area contributed by atoms with Gasteiger partial charge >= 0.3 is 6.03 Å². The zero-order valence-corrected chi connectivity index (χ0v) is 11.6. The van der Waals surface area contributed by atoms with E-state index >= 15 is 0 Å². The molecule has 1 aromatic rings. The van der Waals surface area contributed by atoms with Gasteiger partial charge in [0.1, 0.15) is 5.54 Å². The lowest BCUT2D eigenvalue weighted by Gasteiger charge is -2.33. The molecule has 3 amide bonds. The molecule has 1 saturated heterocycles. The van der Waals surface area contributed by atoms with Crippen molar-refractivity contribution in [1.82, 2.24) is 10.2 Å². The van der Waals surface area contributed by atoms with E-state index in [1.165, 1.54) is 4.90 Å². The first-order valence-corrected chi connectivity index (χ1v) is 6.91. The Kier molecular flexibility index (Phi) is 2.89. The van der Waals surface area contributed by atoms with Crippen LogP contribution in [0.2, 0.25) is 0 Å². The van der Waals surface area contributed by atoms with Crippen molar-refractivity contribution < 1.29 is 9.59 Å². The second-order valence-corrected chi connectivity index (χ2v) is 5.69. The Hall–Kier alpha value is -2.10. The summed E-state index contributed by atoms with van der Waals surface area (Å²) in [5.41, 5.74) is 2.05. The maximum absolute atomic E-state index is 12.8. The molecule has 0 aromatic heterocycles. The monoisotopic (exact) mass is 270 g/mol. The molecule has 0 saturated carbocycles. The van der Waals surface area contributed by atoms with Crippen LogP contribution in [0.1, 0.15) is 30.9 Å². The minimum atomic E-state index is -0.860. The van der Waals surface area contributed by atoms with Crippen molar-refractivity contribution in [2.24, 2.45) is 0 Å². The molecule has 2 aliphatic rings. The van der Waals surface area contributed by atoms with E-state index < -0.39 is 5.54 Å². The van der Waals surface area contributed by atoms with Crippen molar-refractivity contribution in [2.45, 2.75) is 31.7 Å². The second kappa shape index (κ2) is 4.47. The van der Waals surface area contributed by atoms with Gasteiger partial charge in [-0.1, -0.05) is 36.4 Å². The highest BCUT2D eigenvalue weighted by Crippen LogP contribution is 2.39. The van der Waals surface area contributed by atoms with E-state index in [0.717, 1.165) is 29.5 Å². The molecule has 1 heterocycles. The van der Waals surface area contributed by atoms with E-state index in [0.29, 0.717) is 6.42 Å². The number of nitrogens with one attached hydrogen (secondary N) is 1. The Bertz CT molecular complexity index is 608. The molecule has 1 fully saturated rings. The van der Waals surface area contributed by atoms with Crippen LogP contribution in [0.25, 0.3) is 0 Å². The zero-order valence-electron chi connectivity index (χ0n) is 11.6. The maximum atomic E-state index is 12.8. The quantitative estimate of drug-likeness (QED) is 0.662. The second-order valence-electron chi connectivity index (χ2n) is 5.69. The highest BCUT2D eigenvalue weighted by molar-refractivity contribution is 6.08. The molecule has 0 bridgehead atoms. The number of rotatable bonds is 2. The number of hydrogen-bond acceptors (Lipinski definition) is 2. The van der Waals surface area contributed by atoms with Crippen LogP contribution in [0.5, 0.6) is 0 Å². The number of benzene rings is 1. The van der Waals surface area contributed by atoms with Gasteiger partial charge in [-0.2, -0.15) is 0 Å². The summed E-state index contributed by atoms with van der Waals surface area (Å²) in [4.78, 5) is 26.2. The Morgan fingerprint density at radius 3 is 2.90 bits per heavy atom. The third-order valence-corrected chi connectivity index (χ3v) is 4.08. The number of fused-ring (bicyclic) bond motifs is 2. The Morgan fingerprint density at radius 1 is 1.40 bits per heavy atom. The van der Waals surface area contributed by atoms with Gasteiger partial charge < -0.3 is 5.32 Å². The van der Waals surface area contributed by atoms with Gasteiger partial charge in [-0.05, 0) is 37.3 Å². The van der Waals surface area contributed by atoms with Gasteiger partial charge in [-0.15, -0.1) is 0 Å². The topological polar surface area (TPSA) is 49.4 Å². The number of nitrogens with zero attached hydrogens (tertiary/aromatic N) is 1. The first kappa shape index (κ1) is 12.9. The fraction of sp³-hybridized carbons (Fsp3) is 0.375. The van der Waals surface area contributed by atoms with Crippen molar-refractivity contribution in [3.63, 3.8) is 0 Å². The SMILES string of the molecule is C=C(C)CN1C(=O)NC2(CCCc3ccccc32)C1=O. The van der Waals surface area contributed by atoms with Gasteiger partial charge in [0.25, 0.3) is 5.91 Å². The van der Waals surface area contributed by atoms with E-state index in [1.807, 2.05) is 31.2 Å². The van der Waals surface area contributed by atoms with Crippen LogP contribution < -0.4 is 5.32 Å². The molecule has 104 valence electrons. The molecular formula is C16H18N2O2. The third kappa shape index (κ3) is 1.75. The summed E-state index contributed by atoms with van der Waals surface area (Å²) in [7, 11) is 0. The molecule has 1 spiro atoms. The standard InChI is InChI=1S/C16H18N2O2/c1-11(2)10-18-14(19)16(17-15(18)20)9-5-7-12-6-3-4-8-13(12)16/h3-4,6,8H,1,5,7,9-10H2,2H3,(H,17,20). The molecule has 1 N–H and O–H groups in total. The average molecular weight is 270 g/mol. The average Bonchev–Trinajstić information content (AvgIpc) is 2.64. The number of carbonyl (C=O) groups excluding carboxylic acids is 2. The molecule has 4 nitrogen and oxygen atoms in total. The minimum absolute atomic E-state index is 0.141. The Balaban J connectivity index is 2.05. The molecule has 3 rings (SSSR count). The molecule has 20 heavy (non-hydrogen) atoms. The summed E-state index contributed by atoms with van der Waals surface area (Å²) in [6.45, 7) is 5.90. The van der Waals surface area contributed by atoms with E-state index in [4.69, 9.17) is 0 Å². The van der Waals surface area contributed by atoms with Crippen LogP contribution in [-0.2, 0) is 16.8 Å². The Morgan fingerprint density at radius 2 is 2.15 bits per heavy atom. The van der Waals surface area contributed by atoms with Gasteiger partial charge in [0, 0.05) is 0 Å². The minimum Gasteiger partial charge on any atom is -0.319 e. The van der Waals surface area contributed by atoms with E-state index in [2.05, 4.69) is 11.9 Å². The number of urea groups is 1. The van der Waals surface area contributed by atoms with E-state index in [-0.39, 0.29) is 18.5 Å². The summed E-state index contributed by atoms with van der Waals surface area (Å²) in [6, 6.07) is 7.58. The lowest BCUT2D eigenvalue weighted by molar-refractivity contribution is -0.131. The van der Waals surface area contributed by atoms with Crippen LogP contribution in [0, 0.1) is 0 Å². The number of imide groups is 1. The molecule has 1 aliphatic heterocycles. The Labute approximate surface area is 118 Å². The van der Waals surface area contributed by atoms with Crippen molar-refractivity contribution >= 4 is 11.9 Å². The smallest absolute Gasteiger partial charge is 0.319 e. The molecular weight excluding hydrogens is 252 g/mol. The summed E-state index contributed by atoms with van der Waals surface area (Å²) in [5, 5.41) is 2.93. The summed E-state index contributed by atoms with van der Waals surface area (Å²) in [5.74, 6) is -0.141. The number of aryl methyl sites for hydroxylation is 1. The zero-order chi connectivity index (χ0) is 14.3. The number of carbonyl (C=O) groups is 2. The third-order valence-electron chi connectivity index (χ3n) is 4.08. The van der Waals surface area contributed by atoms with Crippen LogP contribution in [0.15, 0.2) is 36.4 Å². The van der Waals surface area contributed by atoms with Crippen molar-refractivity contribution in [3.05, 3.63) is 47.5 Å². The molecule has 4 heteroatoms. The molecule has 1 aromatic carbocycles. The maximum Gasteiger partial charge on any atom is 0.325 e. The predicted molar refractivity (Wildman–Crippen MR) is 76.1 cm³/mol. The van der Waals surface area contributed by atoms with Gasteiger partial charge in [0.2, 0.25) is 0 Å². The van der Waals surface area contributed by atoms with E-state index in [1.54, 1.807) is 0 Å². The van der Waals surface area contributed by atoms with Gasteiger partial charge in [0.15, 0.2) is 0 Å². The van der Waals surface area contributed by atoms with Gasteiger partial charge in [-0.3, -0.25) is 9.69 Å². The lowest BCUT2D eigenvalue weighted by atomic mass is 9.76. The van der Waals surface area contributed by atoms with Crippen LogP contribution in [0.4, 0.5) is 4.79 Å². The van der Waals surface area contributed by atoms with Crippen LogP contribution in [-0.4, -0.2) is 23.4 Å². The summed E-state index contributed by atoms with van der Waals surface area (Å²) in [6.07, 6.45) is 2.53. The highest BCUT2D eigenvalue weighted by atomic mass is 16.2. The normalized spacial score (nSPS) is 24.8.